The van der Waals surface area contributed by atoms with Crippen LogP contribution in [0.3, 0.4) is 0 Å². The van der Waals surface area contributed by atoms with Gasteiger partial charge >= 0.3 is 0 Å². The summed E-state index contributed by atoms with van der Waals surface area (Å²) in [5.74, 6) is -0.127. The van der Waals surface area contributed by atoms with Gasteiger partial charge in [-0.05, 0) is 26.0 Å². The highest BCUT2D eigenvalue weighted by atomic mass is 79.9. The SMILES string of the molecule is CC1CN(Cc2c(F)cccc2Br)C(C)CN1. The third kappa shape index (κ3) is 3.06. The number of piperazine rings is 1. The first-order valence-electron chi connectivity index (χ1n) is 5.98. The van der Waals surface area contributed by atoms with Gasteiger partial charge in [0.2, 0.25) is 0 Å². The summed E-state index contributed by atoms with van der Waals surface area (Å²) in [6.45, 7) is 6.93. The molecular weight excluding hydrogens is 283 g/mol. The van der Waals surface area contributed by atoms with E-state index in [1.54, 1.807) is 6.07 Å². The molecule has 2 nitrogen and oxygen atoms in total. The van der Waals surface area contributed by atoms with Crippen LogP contribution < -0.4 is 5.32 Å². The quantitative estimate of drug-likeness (QED) is 0.903. The monoisotopic (exact) mass is 300 g/mol. The van der Waals surface area contributed by atoms with E-state index in [9.17, 15) is 4.39 Å². The van der Waals surface area contributed by atoms with Gasteiger partial charge in [-0.3, -0.25) is 4.90 Å². The number of nitrogens with one attached hydrogen (secondary N) is 1. The maximum absolute atomic E-state index is 13.8. The predicted octanol–water partition coefficient (Wildman–Crippen LogP) is 2.77. The largest absolute Gasteiger partial charge is 0.311 e. The normalized spacial score (nSPS) is 26.1. The Morgan fingerprint density at radius 3 is 2.94 bits per heavy atom. The van der Waals surface area contributed by atoms with Crippen LogP contribution in [-0.4, -0.2) is 30.1 Å². The molecule has 17 heavy (non-hydrogen) atoms. The van der Waals surface area contributed by atoms with Crippen molar-refractivity contribution in [3.8, 4) is 0 Å². The van der Waals surface area contributed by atoms with Crippen molar-refractivity contribution in [1.29, 1.82) is 0 Å². The highest BCUT2D eigenvalue weighted by molar-refractivity contribution is 9.10. The Hall–Kier alpha value is -0.450. The van der Waals surface area contributed by atoms with E-state index in [-0.39, 0.29) is 5.82 Å². The molecular formula is C13H18BrFN2. The number of hydrogen-bond donors (Lipinski definition) is 1. The zero-order chi connectivity index (χ0) is 12.4. The van der Waals surface area contributed by atoms with E-state index in [1.165, 1.54) is 6.07 Å². The van der Waals surface area contributed by atoms with Gasteiger partial charge in [-0.25, -0.2) is 4.39 Å². The molecule has 0 aliphatic carbocycles. The van der Waals surface area contributed by atoms with E-state index in [4.69, 9.17) is 0 Å². The van der Waals surface area contributed by atoms with Crippen molar-refractivity contribution >= 4 is 15.9 Å². The Kier molecular flexibility index (Phi) is 4.17. The Bertz CT molecular complexity index is 377. The smallest absolute Gasteiger partial charge is 0.128 e. The lowest BCUT2D eigenvalue weighted by Gasteiger charge is -2.37. The standard InChI is InChI=1S/C13H18BrFN2/c1-9-7-17(10(2)6-16-9)8-11-12(14)4-3-5-13(11)15/h3-5,9-10,16H,6-8H2,1-2H3. The summed E-state index contributed by atoms with van der Waals surface area (Å²) < 4.78 is 14.6. The van der Waals surface area contributed by atoms with Gasteiger partial charge in [0.05, 0.1) is 0 Å². The molecule has 2 atom stereocenters. The lowest BCUT2D eigenvalue weighted by atomic mass is 10.1. The molecule has 1 saturated heterocycles. The fraction of sp³-hybridized carbons (Fsp3) is 0.538. The van der Waals surface area contributed by atoms with Crippen LogP contribution in [0, 0.1) is 5.82 Å². The average Bonchev–Trinajstić information content (AvgIpc) is 2.28. The molecule has 2 rings (SSSR count). The second kappa shape index (κ2) is 5.46. The van der Waals surface area contributed by atoms with Crippen LogP contribution in [0.2, 0.25) is 0 Å². The zero-order valence-corrected chi connectivity index (χ0v) is 11.8. The molecule has 1 aromatic carbocycles. The van der Waals surface area contributed by atoms with Gasteiger partial charge in [-0.1, -0.05) is 22.0 Å². The van der Waals surface area contributed by atoms with Crippen LogP contribution in [0.5, 0.6) is 0 Å². The summed E-state index contributed by atoms with van der Waals surface area (Å²) in [7, 11) is 0. The van der Waals surface area contributed by atoms with Gasteiger partial charge in [0.25, 0.3) is 0 Å². The lowest BCUT2D eigenvalue weighted by molar-refractivity contribution is 0.137. The summed E-state index contributed by atoms with van der Waals surface area (Å²) in [4.78, 5) is 2.32. The van der Waals surface area contributed by atoms with Gasteiger partial charge in [0.1, 0.15) is 5.82 Å². The first-order chi connectivity index (χ1) is 8.08. The first-order valence-corrected chi connectivity index (χ1v) is 6.77. The molecule has 1 heterocycles. The number of hydrogen-bond acceptors (Lipinski definition) is 2. The molecule has 0 amide bonds. The summed E-state index contributed by atoms with van der Waals surface area (Å²) in [6.07, 6.45) is 0. The van der Waals surface area contributed by atoms with Gasteiger partial charge < -0.3 is 5.32 Å². The van der Waals surface area contributed by atoms with Crippen molar-refractivity contribution in [3.05, 3.63) is 34.1 Å². The van der Waals surface area contributed by atoms with E-state index < -0.39 is 0 Å². The van der Waals surface area contributed by atoms with Gasteiger partial charge in [-0.2, -0.15) is 0 Å². The molecule has 2 unspecified atom stereocenters. The second-order valence-electron chi connectivity index (χ2n) is 4.79. The minimum Gasteiger partial charge on any atom is -0.311 e. The Morgan fingerprint density at radius 2 is 2.24 bits per heavy atom. The van der Waals surface area contributed by atoms with E-state index in [2.05, 4.69) is 40.0 Å². The molecule has 94 valence electrons. The van der Waals surface area contributed by atoms with Crippen molar-refractivity contribution in [2.45, 2.75) is 32.5 Å². The second-order valence-corrected chi connectivity index (χ2v) is 5.64. The van der Waals surface area contributed by atoms with Crippen LogP contribution in [0.1, 0.15) is 19.4 Å². The summed E-state index contributed by atoms with van der Waals surface area (Å²) in [5.41, 5.74) is 0.758. The summed E-state index contributed by atoms with van der Waals surface area (Å²) in [5, 5.41) is 3.43. The summed E-state index contributed by atoms with van der Waals surface area (Å²) in [6, 6.07) is 6.06. The van der Waals surface area contributed by atoms with E-state index in [1.807, 2.05) is 6.07 Å². The van der Waals surface area contributed by atoms with Crippen LogP contribution >= 0.6 is 15.9 Å². The van der Waals surface area contributed by atoms with Gasteiger partial charge in [0.15, 0.2) is 0 Å². The topological polar surface area (TPSA) is 15.3 Å². The van der Waals surface area contributed by atoms with Gasteiger partial charge in [-0.15, -0.1) is 0 Å². The Morgan fingerprint density at radius 1 is 1.47 bits per heavy atom. The highest BCUT2D eigenvalue weighted by Gasteiger charge is 2.23. The summed E-state index contributed by atoms with van der Waals surface area (Å²) >= 11 is 3.43. The Labute approximate surface area is 110 Å². The number of benzene rings is 1. The average molecular weight is 301 g/mol. The minimum atomic E-state index is -0.127. The molecule has 1 aliphatic rings. The molecule has 0 radical (unpaired) electrons. The molecule has 0 aromatic heterocycles. The van der Waals surface area contributed by atoms with Crippen molar-refractivity contribution in [1.82, 2.24) is 10.2 Å². The van der Waals surface area contributed by atoms with E-state index in [0.29, 0.717) is 18.6 Å². The van der Waals surface area contributed by atoms with Crippen LogP contribution in [-0.2, 0) is 6.54 Å². The highest BCUT2D eigenvalue weighted by Crippen LogP contribution is 2.23. The molecule has 1 aromatic rings. The van der Waals surface area contributed by atoms with Crippen molar-refractivity contribution in [3.63, 3.8) is 0 Å². The van der Waals surface area contributed by atoms with Crippen LogP contribution in [0.4, 0.5) is 4.39 Å². The van der Waals surface area contributed by atoms with Crippen LogP contribution in [0.25, 0.3) is 0 Å². The third-order valence-electron chi connectivity index (χ3n) is 3.32. The molecule has 1 aliphatic heterocycles. The molecule has 4 heteroatoms. The molecule has 0 bridgehead atoms. The third-order valence-corrected chi connectivity index (χ3v) is 4.06. The fourth-order valence-corrected chi connectivity index (χ4v) is 2.67. The number of halogens is 2. The van der Waals surface area contributed by atoms with Crippen molar-refractivity contribution in [2.75, 3.05) is 13.1 Å². The molecule has 0 spiro atoms. The van der Waals surface area contributed by atoms with Crippen molar-refractivity contribution in [2.24, 2.45) is 0 Å². The maximum atomic E-state index is 13.8. The maximum Gasteiger partial charge on any atom is 0.128 e. The van der Waals surface area contributed by atoms with Crippen molar-refractivity contribution < 1.29 is 4.39 Å². The molecule has 1 N–H and O–H groups in total. The zero-order valence-electron chi connectivity index (χ0n) is 10.2. The molecule has 1 fully saturated rings. The number of rotatable bonds is 2. The Balaban J connectivity index is 2.14. The first kappa shape index (κ1) is 13.0. The minimum absolute atomic E-state index is 0.127. The molecule has 0 saturated carbocycles. The lowest BCUT2D eigenvalue weighted by Crippen LogP contribution is -2.53. The van der Waals surface area contributed by atoms with E-state index >= 15 is 0 Å². The fourth-order valence-electron chi connectivity index (χ4n) is 2.20. The van der Waals surface area contributed by atoms with Gasteiger partial charge in [0, 0.05) is 41.8 Å². The predicted molar refractivity (Wildman–Crippen MR) is 71.4 cm³/mol. The van der Waals surface area contributed by atoms with E-state index in [0.717, 1.165) is 23.1 Å². The van der Waals surface area contributed by atoms with Crippen LogP contribution in [0.15, 0.2) is 22.7 Å². The number of nitrogens with zero attached hydrogens (tertiary/aromatic N) is 1.